The molecule has 1 atom stereocenters. The van der Waals surface area contributed by atoms with E-state index < -0.39 is 6.10 Å². The van der Waals surface area contributed by atoms with E-state index in [1.54, 1.807) is 22.5 Å². The highest BCUT2D eigenvalue weighted by Crippen LogP contribution is 2.53. The van der Waals surface area contributed by atoms with Gasteiger partial charge in [-0.05, 0) is 91.2 Å². The molecule has 0 radical (unpaired) electrons. The summed E-state index contributed by atoms with van der Waals surface area (Å²) in [5, 5.41) is 24.0. The lowest BCUT2D eigenvalue weighted by Crippen LogP contribution is -2.51. The number of fused-ring (bicyclic) bond motifs is 1. The van der Waals surface area contributed by atoms with Crippen LogP contribution in [0.2, 0.25) is 0 Å². The van der Waals surface area contributed by atoms with Gasteiger partial charge < -0.3 is 15.1 Å². The fourth-order valence-electron chi connectivity index (χ4n) is 7.89. The van der Waals surface area contributed by atoms with Crippen molar-refractivity contribution in [3.63, 3.8) is 0 Å². The predicted octanol–water partition coefficient (Wildman–Crippen LogP) is 7.39. The van der Waals surface area contributed by atoms with E-state index in [4.69, 9.17) is 4.98 Å². The first kappa shape index (κ1) is 31.5. The van der Waals surface area contributed by atoms with E-state index in [0.29, 0.717) is 18.4 Å². The summed E-state index contributed by atoms with van der Waals surface area (Å²) in [4.78, 5) is 9.96. The Morgan fingerprint density at radius 3 is 2.05 bits per heavy atom. The molecule has 0 bridgehead atoms. The van der Waals surface area contributed by atoms with Crippen LogP contribution in [0.25, 0.3) is 11.3 Å². The van der Waals surface area contributed by atoms with Crippen LogP contribution < -0.4 is 4.90 Å². The Bertz CT molecular complexity index is 1080. The summed E-state index contributed by atoms with van der Waals surface area (Å²) in [5.41, 5.74) is 5.95. The second kappa shape index (κ2) is 13.2. The van der Waals surface area contributed by atoms with E-state index in [-0.39, 0.29) is 17.4 Å². The number of aliphatic hydroxyl groups excluding tert-OH is 2. The molecule has 1 unspecified atom stereocenters. The van der Waals surface area contributed by atoms with Crippen molar-refractivity contribution in [1.82, 2.24) is 9.88 Å². The minimum absolute atomic E-state index is 0.138. The number of aromatic nitrogens is 1. The summed E-state index contributed by atoms with van der Waals surface area (Å²) >= 11 is 1.76. The number of thiazole rings is 1. The number of piperazine rings is 1. The van der Waals surface area contributed by atoms with Gasteiger partial charge >= 0.3 is 0 Å². The summed E-state index contributed by atoms with van der Waals surface area (Å²) in [5.74, 6) is 0. The van der Waals surface area contributed by atoms with E-state index in [1.807, 2.05) is 0 Å². The molecule has 0 amide bonds. The highest BCUT2D eigenvalue weighted by Gasteiger charge is 2.43. The maximum absolute atomic E-state index is 11.1. The van der Waals surface area contributed by atoms with Gasteiger partial charge in [0, 0.05) is 50.3 Å². The zero-order valence-corrected chi connectivity index (χ0v) is 27.0. The van der Waals surface area contributed by atoms with Crippen molar-refractivity contribution in [1.29, 1.82) is 0 Å². The van der Waals surface area contributed by atoms with Gasteiger partial charge in [-0.1, -0.05) is 53.7 Å². The molecule has 0 spiro atoms. The molecule has 5 nitrogen and oxygen atoms in total. The number of hydrogen-bond acceptors (Lipinski definition) is 6. The number of hydrogen-bond donors (Lipinski definition) is 2. The number of benzene rings is 1. The van der Waals surface area contributed by atoms with Crippen molar-refractivity contribution in [3.8, 4) is 11.3 Å². The number of rotatable bonds is 13. The number of anilines is 1. The summed E-state index contributed by atoms with van der Waals surface area (Å²) in [6, 6.07) is 7.28. The molecular weight excluding hydrogens is 514 g/mol. The molecule has 4 rings (SSSR count). The Kier molecular flexibility index (Phi) is 10.4. The fraction of sp³-hybridized carbons (Fsp3) is 0.735. The summed E-state index contributed by atoms with van der Waals surface area (Å²) in [7, 11) is 0. The SMILES string of the molecule is CCC1(CC)CCC(CC)(CC)c2cc(-c3csc(N4CCN(CC(O)C(CC)(CC)CCO)CC4)n3)ccc21. The van der Waals surface area contributed by atoms with Crippen molar-refractivity contribution in [2.75, 3.05) is 44.2 Å². The van der Waals surface area contributed by atoms with Crippen LogP contribution in [0.1, 0.15) is 110 Å². The van der Waals surface area contributed by atoms with Crippen molar-refractivity contribution in [2.45, 2.75) is 116 Å². The maximum atomic E-state index is 11.1. The Morgan fingerprint density at radius 1 is 0.900 bits per heavy atom. The zero-order chi connectivity index (χ0) is 29.0. The molecule has 2 aliphatic rings. The van der Waals surface area contributed by atoms with Crippen LogP contribution in [0.3, 0.4) is 0 Å². The first-order valence-electron chi connectivity index (χ1n) is 16.2. The molecule has 2 aromatic rings. The predicted molar refractivity (Wildman–Crippen MR) is 171 cm³/mol. The highest BCUT2D eigenvalue weighted by molar-refractivity contribution is 7.14. The molecule has 1 aromatic heterocycles. The van der Waals surface area contributed by atoms with E-state index in [9.17, 15) is 10.2 Å². The molecule has 1 aliphatic heterocycles. The van der Waals surface area contributed by atoms with Crippen LogP contribution in [0, 0.1) is 5.41 Å². The molecule has 40 heavy (non-hydrogen) atoms. The third kappa shape index (κ3) is 5.75. The monoisotopic (exact) mass is 569 g/mol. The van der Waals surface area contributed by atoms with Crippen molar-refractivity contribution >= 4 is 16.5 Å². The van der Waals surface area contributed by atoms with Crippen LogP contribution >= 0.6 is 11.3 Å². The Labute approximate surface area is 248 Å². The molecule has 1 aliphatic carbocycles. The van der Waals surface area contributed by atoms with Crippen LogP contribution in [0.5, 0.6) is 0 Å². The minimum atomic E-state index is -0.408. The minimum Gasteiger partial charge on any atom is -0.396 e. The molecule has 6 heteroatoms. The standard InChI is InChI=1S/C34H55N3O2S/c1-7-32(8-2)15-16-33(9-3,10-4)28-23-26(13-14-27(28)32)29-25-40-31(35-29)37-20-18-36(19-21-37)24-30(39)34(11-5,12-6)17-22-38/h13-14,23,25,30,38-39H,7-12,15-22,24H2,1-6H3. The van der Waals surface area contributed by atoms with E-state index in [2.05, 4.69) is 74.9 Å². The Hall–Kier alpha value is -1.47. The first-order chi connectivity index (χ1) is 19.3. The average molecular weight is 570 g/mol. The second-order valence-corrected chi connectivity index (χ2v) is 13.4. The smallest absolute Gasteiger partial charge is 0.185 e. The normalized spacial score (nSPS) is 19.9. The van der Waals surface area contributed by atoms with Gasteiger partial charge in [0.15, 0.2) is 5.13 Å². The molecule has 0 saturated carbocycles. The summed E-state index contributed by atoms with van der Waals surface area (Å²) in [6.45, 7) is 18.3. The van der Waals surface area contributed by atoms with Crippen LogP contribution in [-0.4, -0.2) is 65.5 Å². The quantitative estimate of drug-likeness (QED) is 0.263. The van der Waals surface area contributed by atoms with Gasteiger partial charge in [-0.3, -0.25) is 4.90 Å². The number of β-amino-alcohol motifs (C(OH)–C–C–N with tert-alkyl or cyclic N) is 1. The van der Waals surface area contributed by atoms with Gasteiger partial charge in [0.2, 0.25) is 0 Å². The highest BCUT2D eigenvalue weighted by atomic mass is 32.1. The molecule has 1 aromatic carbocycles. The topological polar surface area (TPSA) is 59.8 Å². The van der Waals surface area contributed by atoms with Crippen molar-refractivity contribution in [3.05, 3.63) is 34.7 Å². The average Bonchev–Trinajstić information content (AvgIpc) is 3.50. The van der Waals surface area contributed by atoms with Gasteiger partial charge in [0.05, 0.1) is 11.8 Å². The Balaban J connectivity index is 1.48. The summed E-state index contributed by atoms with van der Waals surface area (Å²) < 4.78 is 0. The number of aliphatic hydroxyl groups is 2. The van der Waals surface area contributed by atoms with Crippen LogP contribution in [0.4, 0.5) is 5.13 Å². The second-order valence-electron chi connectivity index (χ2n) is 12.6. The lowest BCUT2D eigenvalue weighted by Gasteiger charge is -2.48. The van der Waals surface area contributed by atoms with Gasteiger partial charge in [-0.25, -0.2) is 4.98 Å². The van der Waals surface area contributed by atoms with Crippen molar-refractivity contribution in [2.24, 2.45) is 5.41 Å². The third-order valence-corrected chi connectivity index (χ3v) is 12.4. The van der Waals surface area contributed by atoms with Gasteiger partial charge in [0.25, 0.3) is 0 Å². The molecule has 1 fully saturated rings. The van der Waals surface area contributed by atoms with E-state index in [1.165, 1.54) is 44.1 Å². The van der Waals surface area contributed by atoms with Crippen molar-refractivity contribution < 1.29 is 10.2 Å². The lowest BCUT2D eigenvalue weighted by molar-refractivity contribution is -0.0229. The Morgan fingerprint density at radius 2 is 1.50 bits per heavy atom. The largest absolute Gasteiger partial charge is 0.396 e. The van der Waals surface area contributed by atoms with Gasteiger partial charge in [-0.15, -0.1) is 11.3 Å². The maximum Gasteiger partial charge on any atom is 0.185 e. The number of nitrogens with zero attached hydrogens (tertiary/aromatic N) is 3. The van der Waals surface area contributed by atoms with Crippen LogP contribution in [-0.2, 0) is 10.8 Å². The summed E-state index contributed by atoms with van der Waals surface area (Å²) in [6.07, 6.45) is 9.45. The van der Waals surface area contributed by atoms with Gasteiger partial charge in [-0.2, -0.15) is 0 Å². The van der Waals surface area contributed by atoms with Crippen LogP contribution in [0.15, 0.2) is 23.6 Å². The zero-order valence-electron chi connectivity index (χ0n) is 26.1. The van der Waals surface area contributed by atoms with E-state index in [0.717, 1.165) is 49.8 Å². The molecule has 2 N–H and O–H groups in total. The molecular formula is C34H55N3O2S. The van der Waals surface area contributed by atoms with Gasteiger partial charge in [0.1, 0.15) is 0 Å². The van der Waals surface area contributed by atoms with E-state index >= 15 is 0 Å². The molecule has 1 saturated heterocycles. The fourth-order valence-corrected chi connectivity index (χ4v) is 8.78. The molecule has 2 heterocycles. The molecule has 224 valence electrons. The third-order valence-electron chi connectivity index (χ3n) is 11.5. The lowest BCUT2D eigenvalue weighted by atomic mass is 9.57. The first-order valence-corrected chi connectivity index (χ1v) is 17.0.